The standard InChI is InChI=1S/C7H6N2S.Sm/c10-7-8-5-3-1-2-4-6(5)9-7;/h1-4H,(H2,8,9,10);. The number of rotatable bonds is 0. The second-order valence-corrected chi connectivity index (χ2v) is 2.53. The van der Waals surface area contributed by atoms with Crippen molar-refractivity contribution in [2.45, 2.75) is 0 Å². The van der Waals surface area contributed by atoms with Gasteiger partial charge in [0.1, 0.15) is 0 Å². The Kier molecular flexibility index (Phi) is 3.20. The van der Waals surface area contributed by atoms with Crippen LogP contribution in [0.2, 0.25) is 0 Å². The molecular formula is C7H6N2SSm. The van der Waals surface area contributed by atoms with Crippen molar-refractivity contribution in [2.24, 2.45) is 0 Å². The molecule has 2 nitrogen and oxygen atoms in total. The number of fused-ring (bicyclic) bond motifs is 1. The normalized spacial score (nSPS) is 9.45. The second-order valence-electron chi connectivity index (χ2n) is 2.12. The zero-order valence-corrected chi connectivity index (χ0v) is 9.06. The van der Waals surface area contributed by atoms with Gasteiger partial charge in [-0.1, -0.05) is 12.1 Å². The second kappa shape index (κ2) is 3.77. The van der Waals surface area contributed by atoms with E-state index in [0.717, 1.165) is 11.0 Å². The van der Waals surface area contributed by atoms with E-state index < -0.39 is 0 Å². The summed E-state index contributed by atoms with van der Waals surface area (Å²) in [7, 11) is 0. The summed E-state index contributed by atoms with van der Waals surface area (Å²) < 4.78 is 0.682. The zero-order valence-electron chi connectivity index (χ0n) is 5.63. The molecule has 2 N–H and O–H groups in total. The van der Waals surface area contributed by atoms with E-state index in [-0.39, 0.29) is 40.4 Å². The minimum absolute atomic E-state index is 0. The van der Waals surface area contributed by atoms with Crippen molar-refractivity contribution in [1.82, 2.24) is 9.97 Å². The molecule has 0 unspecified atom stereocenters. The third-order valence-electron chi connectivity index (χ3n) is 1.42. The SMILES string of the molecule is S=c1[nH]c2ccccc2[nH]1.[Sm]. The van der Waals surface area contributed by atoms with Crippen LogP contribution in [-0.2, 0) is 0 Å². The molecule has 0 amide bonds. The Labute approximate surface area is 102 Å². The van der Waals surface area contributed by atoms with E-state index in [2.05, 4.69) is 9.97 Å². The Hall–Kier alpha value is 0.248. The van der Waals surface area contributed by atoms with Gasteiger partial charge in [0.15, 0.2) is 4.77 Å². The van der Waals surface area contributed by atoms with Crippen LogP contribution < -0.4 is 0 Å². The molecule has 2 aromatic rings. The summed E-state index contributed by atoms with van der Waals surface area (Å²) in [6, 6.07) is 7.92. The molecule has 4 heteroatoms. The Balaban J connectivity index is 0.000000605. The average molecular weight is 301 g/mol. The van der Waals surface area contributed by atoms with Crippen molar-refractivity contribution in [3.63, 3.8) is 0 Å². The van der Waals surface area contributed by atoms with Gasteiger partial charge in [0.25, 0.3) is 0 Å². The van der Waals surface area contributed by atoms with Crippen LogP contribution >= 0.6 is 12.2 Å². The average Bonchev–Trinajstić information content (AvgIpc) is 2.27. The molecule has 1 heterocycles. The number of aromatic amines is 2. The van der Waals surface area contributed by atoms with Crippen LogP contribution in [0.1, 0.15) is 0 Å². The minimum atomic E-state index is 0. The number of hydrogen-bond donors (Lipinski definition) is 2. The minimum Gasteiger partial charge on any atom is -0.331 e. The molecule has 0 bridgehead atoms. The number of H-pyrrole nitrogens is 2. The molecule has 1 aromatic carbocycles. The Morgan fingerprint density at radius 1 is 1.00 bits per heavy atom. The maximum Gasteiger partial charge on any atom is 0.175 e. The van der Waals surface area contributed by atoms with E-state index >= 15 is 0 Å². The summed E-state index contributed by atoms with van der Waals surface area (Å²) >= 11 is 4.90. The summed E-state index contributed by atoms with van der Waals surface area (Å²) in [5.41, 5.74) is 2.13. The van der Waals surface area contributed by atoms with Gasteiger partial charge in [-0.25, -0.2) is 0 Å². The first-order valence-corrected chi connectivity index (χ1v) is 3.44. The molecule has 0 radical (unpaired) electrons. The summed E-state index contributed by atoms with van der Waals surface area (Å²) in [6.07, 6.45) is 0. The van der Waals surface area contributed by atoms with Gasteiger partial charge in [0.2, 0.25) is 0 Å². The molecule has 0 aliphatic carbocycles. The quantitative estimate of drug-likeness (QED) is 0.718. The molecule has 0 fully saturated rings. The zero-order chi connectivity index (χ0) is 6.97. The van der Waals surface area contributed by atoms with Gasteiger partial charge < -0.3 is 9.97 Å². The first kappa shape index (κ1) is 9.34. The molecule has 11 heavy (non-hydrogen) atoms. The molecule has 0 saturated carbocycles. The number of aromatic nitrogens is 2. The van der Waals surface area contributed by atoms with Crippen molar-refractivity contribution in [1.29, 1.82) is 0 Å². The predicted molar refractivity (Wildman–Crippen MR) is 43.5 cm³/mol. The number of benzene rings is 1. The van der Waals surface area contributed by atoms with Crippen LogP contribution in [0.5, 0.6) is 0 Å². The smallest absolute Gasteiger partial charge is 0.175 e. The van der Waals surface area contributed by atoms with Gasteiger partial charge >= 0.3 is 0 Å². The third kappa shape index (κ3) is 1.88. The first-order chi connectivity index (χ1) is 4.86. The van der Waals surface area contributed by atoms with Gasteiger partial charge in [0.05, 0.1) is 11.0 Å². The van der Waals surface area contributed by atoms with E-state index in [4.69, 9.17) is 12.2 Å². The fourth-order valence-electron chi connectivity index (χ4n) is 0.977. The van der Waals surface area contributed by atoms with Crippen LogP contribution in [0.15, 0.2) is 24.3 Å². The van der Waals surface area contributed by atoms with Gasteiger partial charge in [0, 0.05) is 40.4 Å². The molecule has 56 valence electrons. The topological polar surface area (TPSA) is 31.6 Å². The van der Waals surface area contributed by atoms with Gasteiger partial charge in [-0.05, 0) is 24.4 Å². The van der Waals surface area contributed by atoms with Crippen molar-refractivity contribution in [2.75, 3.05) is 0 Å². The third-order valence-corrected chi connectivity index (χ3v) is 1.63. The van der Waals surface area contributed by atoms with E-state index in [1.54, 1.807) is 0 Å². The van der Waals surface area contributed by atoms with Crippen LogP contribution in [0.25, 0.3) is 11.0 Å². The number of nitrogens with one attached hydrogen (secondary N) is 2. The van der Waals surface area contributed by atoms with E-state index in [0.29, 0.717) is 4.77 Å². The predicted octanol–water partition coefficient (Wildman–Crippen LogP) is 2.23. The van der Waals surface area contributed by atoms with Crippen LogP contribution in [-0.4, -0.2) is 9.97 Å². The number of hydrogen-bond acceptors (Lipinski definition) is 1. The van der Waals surface area contributed by atoms with E-state index in [9.17, 15) is 0 Å². The van der Waals surface area contributed by atoms with Crippen LogP contribution in [0.4, 0.5) is 0 Å². The van der Waals surface area contributed by atoms with Gasteiger partial charge in [-0.15, -0.1) is 0 Å². The summed E-state index contributed by atoms with van der Waals surface area (Å²) in [4.78, 5) is 6.04. The van der Waals surface area contributed by atoms with Crippen molar-refractivity contribution in [3.05, 3.63) is 29.0 Å². The Bertz CT molecular complexity index is 368. The maximum absolute atomic E-state index is 4.90. The van der Waals surface area contributed by atoms with Gasteiger partial charge in [-0.3, -0.25) is 0 Å². The van der Waals surface area contributed by atoms with Crippen molar-refractivity contribution < 1.29 is 40.4 Å². The molecule has 2 rings (SSSR count). The van der Waals surface area contributed by atoms with E-state index in [1.165, 1.54) is 0 Å². The van der Waals surface area contributed by atoms with Crippen LogP contribution in [0.3, 0.4) is 0 Å². The molecule has 0 saturated heterocycles. The molecular weight excluding hydrogens is 295 g/mol. The number of imidazole rings is 1. The fourth-order valence-corrected chi connectivity index (χ4v) is 1.20. The Morgan fingerprint density at radius 2 is 1.45 bits per heavy atom. The molecule has 1 aromatic heterocycles. The molecule has 0 atom stereocenters. The molecule has 0 aliphatic heterocycles. The molecule has 0 aliphatic rings. The summed E-state index contributed by atoms with van der Waals surface area (Å²) in [5.74, 6) is 0. The fraction of sp³-hybridized carbons (Fsp3) is 0. The molecule has 0 spiro atoms. The monoisotopic (exact) mass is 302 g/mol. The number of para-hydroxylation sites is 2. The Morgan fingerprint density at radius 3 is 1.91 bits per heavy atom. The van der Waals surface area contributed by atoms with Crippen LogP contribution in [0, 0.1) is 45.2 Å². The summed E-state index contributed by atoms with van der Waals surface area (Å²) in [6.45, 7) is 0. The van der Waals surface area contributed by atoms with Gasteiger partial charge in [-0.2, -0.15) is 0 Å². The largest absolute Gasteiger partial charge is 0.331 e. The summed E-state index contributed by atoms with van der Waals surface area (Å²) in [5, 5.41) is 0. The van der Waals surface area contributed by atoms with E-state index in [1.807, 2.05) is 24.3 Å². The van der Waals surface area contributed by atoms with Crippen molar-refractivity contribution >= 4 is 23.3 Å². The first-order valence-electron chi connectivity index (χ1n) is 3.03. The van der Waals surface area contributed by atoms with Crippen molar-refractivity contribution in [3.8, 4) is 0 Å². The maximum atomic E-state index is 4.90.